The van der Waals surface area contributed by atoms with Crippen molar-refractivity contribution >= 4 is 56.8 Å². The molecule has 2 aliphatic rings. The zero-order chi connectivity index (χ0) is 33.9. The summed E-state index contributed by atoms with van der Waals surface area (Å²) in [5, 5.41) is 18.7. The first kappa shape index (κ1) is 33.0. The fourth-order valence-electron chi connectivity index (χ4n) is 5.92. The van der Waals surface area contributed by atoms with Gasteiger partial charge in [0, 0.05) is 42.9 Å². The van der Waals surface area contributed by atoms with Crippen molar-refractivity contribution in [1.82, 2.24) is 9.97 Å². The number of hydrogen-bond donors (Lipinski definition) is 0. The number of hydrogen-bond acceptors (Lipinski definition) is 8. The van der Waals surface area contributed by atoms with Crippen molar-refractivity contribution in [3.05, 3.63) is 182 Å². The van der Waals surface area contributed by atoms with Crippen LogP contribution in [0.1, 0.15) is 11.1 Å². The minimum Gasteiger partial charge on any atom is -0.493 e. The van der Waals surface area contributed by atoms with E-state index in [4.69, 9.17) is 9.97 Å². The number of nitriles is 2. The molecule has 0 amide bonds. The van der Waals surface area contributed by atoms with Crippen LogP contribution in [0.2, 0.25) is 0 Å². The molecule has 8 nitrogen and oxygen atoms in total. The maximum absolute atomic E-state index is 9.37. The number of nitrogens with zero attached hydrogens (tertiary/aromatic N) is 8. The SMILES string of the molecule is N#Cc1cc2c(cc1C#N)N(c1ccccc1)[CH-]N2c1[c-]cccc1.[Ir].[c-]1ccccc1N1[CH-]N(c2ccccc2)c2nc3ccccc3nc21. The van der Waals surface area contributed by atoms with Gasteiger partial charge in [-0.15, -0.1) is 24.7 Å². The van der Waals surface area contributed by atoms with E-state index in [1.54, 1.807) is 12.1 Å². The van der Waals surface area contributed by atoms with Crippen molar-refractivity contribution in [3.8, 4) is 12.1 Å². The molecule has 3 heterocycles. The Hall–Kier alpha value is -6.51. The molecular weight excluding hydrogens is 809 g/mol. The third kappa shape index (κ3) is 6.36. The number of anilines is 8. The van der Waals surface area contributed by atoms with Crippen LogP contribution < -0.4 is 19.6 Å². The summed E-state index contributed by atoms with van der Waals surface area (Å²) in [6, 6.07) is 57.8. The number of para-hydroxylation sites is 6. The fourth-order valence-corrected chi connectivity index (χ4v) is 5.92. The molecule has 0 unspecified atom stereocenters. The second-order valence-electron chi connectivity index (χ2n) is 11.3. The number of rotatable bonds is 4. The molecule has 1 radical (unpaired) electrons. The molecule has 1 aromatic heterocycles. The van der Waals surface area contributed by atoms with Crippen LogP contribution >= 0.6 is 0 Å². The number of fused-ring (bicyclic) bond motifs is 3. The summed E-state index contributed by atoms with van der Waals surface area (Å²) >= 11 is 0. The Kier molecular flexibility index (Phi) is 9.41. The third-order valence-corrected chi connectivity index (χ3v) is 8.30. The van der Waals surface area contributed by atoms with Crippen LogP contribution in [-0.2, 0) is 20.1 Å². The van der Waals surface area contributed by atoms with Gasteiger partial charge in [-0.05, 0) is 48.5 Å². The molecular formula is C42H26IrN8-4. The summed E-state index contributed by atoms with van der Waals surface area (Å²) in [4.78, 5) is 17.8. The molecule has 0 aliphatic carbocycles. The van der Waals surface area contributed by atoms with E-state index >= 15 is 0 Å². The van der Waals surface area contributed by atoms with E-state index in [2.05, 4.69) is 41.3 Å². The Morgan fingerprint density at radius 3 is 1.43 bits per heavy atom. The summed E-state index contributed by atoms with van der Waals surface area (Å²) in [7, 11) is 0. The molecule has 0 N–H and O–H groups in total. The summed E-state index contributed by atoms with van der Waals surface area (Å²) < 4.78 is 0. The smallest absolute Gasteiger partial charge is 0.146 e. The fraction of sp³-hybridized carbons (Fsp3) is 0. The van der Waals surface area contributed by atoms with Gasteiger partial charge in [0.1, 0.15) is 23.8 Å². The van der Waals surface area contributed by atoms with Gasteiger partial charge >= 0.3 is 0 Å². The van der Waals surface area contributed by atoms with E-state index in [0.717, 1.165) is 56.8 Å². The number of aromatic nitrogens is 2. The Balaban J connectivity index is 0.000000156. The van der Waals surface area contributed by atoms with Gasteiger partial charge in [-0.1, -0.05) is 48.5 Å². The van der Waals surface area contributed by atoms with Crippen molar-refractivity contribution in [1.29, 1.82) is 10.5 Å². The molecule has 0 fully saturated rings. The van der Waals surface area contributed by atoms with E-state index in [1.165, 1.54) is 0 Å². The first-order chi connectivity index (χ1) is 24.7. The molecule has 247 valence electrons. The topological polar surface area (TPSA) is 86.3 Å². The summed E-state index contributed by atoms with van der Waals surface area (Å²) in [5.74, 6) is 1.63. The van der Waals surface area contributed by atoms with Crippen LogP contribution in [0.5, 0.6) is 0 Å². The predicted octanol–water partition coefficient (Wildman–Crippen LogP) is 9.48. The molecule has 9 rings (SSSR count). The van der Waals surface area contributed by atoms with E-state index in [0.29, 0.717) is 11.1 Å². The largest absolute Gasteiger partial charge is 0.493 e. The van der Waals surface area contributed by atoms with Gasteiger partial charge in [-0.25, -0.2) is 9.97 Å². The average molecular weight is 835 g/mol. The minimum atomic E-state index is 0. The van der Waals surface area contributed by atoms with Gasteiger partial charge in [-0.3, -0.25) is 0 Å². The Morgan fingerprint density at radius 1 is 0.490 bits per heavy atom. The van der Waals surface area contributed by atoms with Gasteiger partial charge in [0.2, 0.25) is 0 Å². The van der Waals surface area contributed by atoms with E-state index < -0.39 is 0 Å². The quantitative estimate of drug-likeness (QED) is 0.162. The maximum Gasteiger partial charge on any atom is 0.146 e. The molecule has 0 atom stereocenters. The zero-order valence-electron chi connectivity index (χ0n) is 26.9. The normalized spacial score (nSPS) is 12.6. The van der Waals surface area contributed by atoms with E-state index in [9.17, 15) is 10.5 Å². The molecule has 0 saturated carbocycles. The zero-order valence-corrected chi connectivity index (χ0v) is 29.3. The van der Waals surface area contributed by atoms with Crippen LogP contribution in [0.15, 0.2) is 146 Å². The molecule has 0 bridgehead atoms. The first-order valence-corrected chi connectivity index (χ1v) is 15.9. The van der Waals surface area contributed by atoms with Crippen LogP contribution in [-0.4, -0.2) is 9.97 Å². The molecule has 7 aromatic rings. The standard InChI is InChI=1S/C21H14N4.C21H12N4.Ir/c1-3-9-16(10-4-1)24-15-25(17-11-5-2-6-12-17)21-20(24)22-18-13-7-8-14-19(18)23-21;22-13-16-11-20-21(12-17(16)14-23)25(19-9-5-2-6-10-19)15-24(20)18-7-3-1-4-8-18;/h1-11,13-15H;1-9,11-12,15H;/q2*-2;. The monoisotopic (exact) mass is 835 g/mol. The second kappa shape index (κ2) is 14.5. The van der Waals surface area contributed by atoms with Gasteiger partial charge < -0.3 is 19.6 Å². The van der Waals surface area contributed by atoms with Gasteiger partial charge in [0.15, 0.2) is 0 Å². The molecule has 0 saturated heterocycles. The van der Waals surface area contributed by atoms with E-state index in [1.807, 2.05) is 149 Å². The van der Waals surface area contributed by atoms with Crippen molar-refractivity contribution in [3.63, 3.8) is 0 Å². The van der Waals surface area contributed by atoms with Crippen LogP contribution in [0.4, 0.5) is 45.8 Å². The maximum atomic E-state index is 9.37. The Morgan fingerprint density at radius 2 is 0.922 bits per heavy atom. The molecule has 9 heteroatoms. The molecule has 2 aliphatic heterocycles. The Bertz CT molecular complexity index is 2210. The van der Waals surface area contributed by atoms with Gasteiger partial charge in [-0.2, -0.15) is 71.2 Å². The van der Waals surface area contributed by atoms with Crippen LogP contribution in [0.3, 0.4) is 0 Å². The van der Waals surface area contributed by atoms with E-state index in [-0.39, 0.29) is 20.1 Å². The van der Waals surface area contributed by atoms with Crippen molar-refractivity contribution in [2.75, 3.05) is 19.6 Å². The van der Waals surface area contributed by atoms with Gasteiger partial charge in [0.25, 0.3) is 0 Å². The average Bonchev–Trinajstić information content (AvgIpc) is 3.76. The van der Waals surface area contributed by atoms with Crippen molar-refractivity contribution < 1.29 is 20.1 Å². The number of benzene rings is 6. The predicted molar refractivity (Wildman–Crippen MR) is 196 cm³/mol. The van der Waals surface area contributed by atoms with Crippen molar-refractivity contribution in [2.24, 2.45) is 0 Å². The second-order valence-corrected chi connectivity index (χ2v) is 11.3. The minimum absolute atomic E-state index is 0. The molecule has 0 spiro atoms. The molecule has 51 heavy (non-hydrogen) atoms. The summed E-state index contributed by atoms with van der Waals surface area (Å²) in [6.45, 7) is 3.97. The molecule has 6 aromatic carbocycles. The third-order valence-electron chi connectivity index (χ3n) is 8.30. The first-order valence-electron chi connectivity index (χ1n) is 15.9. The Labute approximate surface area is 310 Å². The summed E-state index contributed by atoms with van der Waals surface area (Å²) in [5.41, 5.74) is 8.05. The van der Waals surface area contributed by atoms with Crippen molar-refractivity contribution in [2.45, 2.75) is 0 Å². The van der Waals surface area contributed by atoms with Crippen LogP contribution in [0.25, 0.3) is 11.0 Å². The summed E-state index contributed by atoms with van der Waals surface area (Å²) in [6.07, 6.45) is 0. The van der Waals surface area contributed by atoms with Crippen LogP contribution in [0, 0.1) is 48.1 Å². The van der Waals surface area contributed by atoms with Gasteiger partial charge in [0.05, 0.1) is 22.2 Å².